The predicted octanol–water partition coefficient (Wildman–Crippen LogP) is 11.8. The Balaban J connectivity index is 1.04. The third kappa shape index (κ3) is 6.11. The van der Waals surface area contributed by atoms with Gasteiger partial charge in [-0.2, -0.15) is 0 Å². The first kappa shape index (κ1) is 32.1. The first-order valence-corrected chi connectivity index (χ1v) is 18.2. The summed E-state index contributed by atoms with van der Waals surface area (Å²) in [7, 11) is 0. The van der Waals surface area contributed by atoms with Crippen LogP contribution >= 0.6 is 0 Å². The number of aromatic nitrogens is 6. The van der Waals surface area contributed by atoms with Crippen LogP contribution < -0.4 is 0 Å². The minimum Gasteiger partial charge on any atom is -0.309 e. The number of pyridine rings is 3. The summed E-state index contributed by atoms with van der Waals surface area (Å²) in [6.45, 7) is 0. The minimum absolute atomic E-state index is 0.599. The molecular formula is C49H32N6. The molecule has 0 fully saturated rings. The molecule has 0 aliphatic carbocycles. The van der Waals surface area contributed by atoms with Crippen molar-refractivity contribution in [1.82, 2.24) is 29.5 Å². The second kappa shape index (κ2) is 13.8. The SMILES string of the molecule is c1ccc(-c2cc(-c3ccccn3)nc(-c3ccc(-c4nc(-c5ccccc5)cc(-c5ccc(-n6c7ccccc7c7ccccc76)cc5)n4)cn3)c2)cc1. The van der Waals surface area contributed by atoms with Crippen LogP contribution in [0.4, 0.5) is 0 Å². The quantitative estimate of drug-likeness (QED) is 0.165. The second-order valence-electron chi connectivity index (χ2n) is 13.4. The molecular weight excluding hydrogens is 673 g/mol. The van der Waals surface area contributed by atoms with Crippen molar-refractivity contribution in [2.45, 2.75) is 0 Å². The highest BCUT2D eigenvalue weighted by Crippen LogP contribution is 2.34. The van der Waals surface area contributed by atoms with Gasteiger partial charge in [-0.25, -0.2) is 15.0 Å². The highest BCUT2D eigenvalue weighted by molar-refractivity contribution is 6.09. The van der Waals surface area contributed by atoms with Crippen molar-refractivity contribution in [3.05, 3.63) is 194 Å². The Morgan fingerprint density at radius 1 is 0.327 bits per heavy atom. The van der Waals surface area contributed by atoms with Crippen LogP contribution in [0, 0.1) is 0 Å². The van der Waals surface area contributed by atoms with Gasteiger partial charge < -0.3 is 4.57 Å². The minimum atomic E-state index is 0.599. The van der Waals surface area contributed by atoms with Gasteiger partial charge in [0, 0.05) is 45.5 Å². The van der Waals surface area contributed by atoms with Crippen molar-refractivity contribution in [1.29, 1.82) is 0 Å². The topological polar surface area (TPSA) is 69.4 Å². The summed E-state index contributed by atoms with van der Waals surface area (Å²) in [5.74, 6) is 0.599. The molecule has 5 aromatic heterocycles. The molecule has 55 heavy (non-hydrogen) atoms. The molecule has 0 atom stereocenters. The van der Waals surface area contributed by atoms with Gasteiger partial charge in [0.25, 0.3) is 0 Å². The van der Waals surface area contributed by atoms with Crippen molar-refractivity contribution in [3.63, 3.8) is 0 Å². The zero-order valence-electron chi connectivity index (χ0n) is 29.7. The number of hydrogen-bond acceptors (Lipinski definition) is 5. The first-order chi connectivity index (χ1) is 27.2. The number of benzene rings is 5. The van der Waals surface area contributed by atoms with E-state index in [0.717, 1.165) is 67.7 Å². The fourth-order valence-electron chi connectivity index (χ4n) is 7.25. The summed E-state index contributed by atoms with van der Waals surface area (Å²) in [6.07, 6.45) is 3.63. The smallest absolute Gasteiger partial charge is 0.161 e. The standard InChI is InChI=1S/C49H32N6/c1-3-13-33(14-4-1)37-29-45(41-19-11-12-28-50-41)52-46(30-37)42-27-24-36(32-51-42)49-53-43(34-15-5-2-6-16-34)31-44(54-49)35-22-25-38(26-23-35)55-47-20-9-7-17-39(47)40-18-8-10-21-48(40)55/h1-32H. The number of fused-ring (bicyclic) bond motifs is 3. The summed E-state index contributed by atoms with van der Waals surface area (Å²) < 4.78 is 2.33. The molecule has 6 nitrogen and oxygen atoms in total. The molecule has 5 heterocycles. The Kier molecular flexibility index (Phi) is 8.04. The second-order valence-corrected chi connectivity index (χ2v) is 13.4. The lowest BCUT2D eigenvalue weighted by atomic mass is 10.0. The van der Waals surface area contributed by atoms with E-state index in [-0.39, 0.29) is 0 Å². The molecule has 0 N–H and O–H groups in total. The van der Waals surface area contributed by atoms with Gasteiger partial charge in [-0.15, -0.1) is 0 Å². The van der Waals surface area contributed by atoms with E-state index < -0.39 is 0 Å². The van der Waals surface area contributed by atoms with Gasteiger partial charge >= 0.3 is 0 Å². The van der Waals surface area contributed by atoms with Crippen molar-refractivity contribution >= 4 is 21.8 Å². The van der Waals surface area contributed by atoms with Crippen LogP contribution in [0.3, 0.4) is 0 Å². The van der Waals surface area contributed by atoms with E-state index in [0.29, 0.717) is 5.82 Å². The first-order valence-electron chi connectivity index (χ1n) is 18.2. The van der Waals surface area contributed by atoms with Crippen molar-refractivity contribution in [2.75, 3.05) is 0 Å². The van der Waals surface area contributed by atoms with Crippen LogP contribution in [0.2, 0.25) is 0 Å². The summed E-state index contributed by atoms with van der Waals surface area (Å²) in [4.78, 5) is 24.7. The van der Waals surface area contributed by atoms with E-state index in [1.54, 1.807) is 6.20 Å². The molecule has 10 rings (SSSR count). The van der Waals surface area contributed by atoms with Crippen molar-refractivity contribution in [3.8, 4) is 73.5 Å². The van der Waals surface area contributed by atoms with Crippen molar-refractivity contribution < 1.29 is 0 Å². The zero-order chi connectivity index (χ0) is 36.6. The highest BCUT2D eigenvalue weighted by Gasteiger charge is 2.15. The number of nitrogens with zero attached hydrogens (tertiary/aromatic N) is 6. The molecule has 0 saturated carbocycles. The lowest BCUT2D eigenvalue weighted by molar-refractivity contribution is 1.16. The highest BCUT2D eigenvalue weighted by atomic mass is 15.0. The third-order valence-electron chi connectivity index (χ3n) is 9.94. The average molecular weight is 705 g/mol. The number of hydrogen-bond donors (Lipinski definition) is 0. The van der Waals surface area contributed by atoms with Gasteiger partial charge in [0.1, 0.15) is 0 Å². The van der Waals surface area contributed by atoms with E-state index in [4.69, 9.17) is 19.9 Å². The van der Waals surface area contributed by atoms with Crippen LogP contribution in [0.1, 0.15) is 0 Å². The molecule has 0 bridgehead atoms. The van der Waals surface area contributed by atoms with Gasteiger partial charge in [0.2, 0.25) is 0 Å². The van der Waals surface area contributed by atoms with E-state index >= 15 is 0 Å². The Labute approximate surface area is 318 Å². The Morgan fingerprint density at radius 2 is 0.873 bits per heavy atom. The van der Waals surface area contributed by atoms with E-state index in [9.17, 15) is 0 Å². The number of para-hydroxylation sites is 2. The molecule has 0 aliphatic heterocycles. The molecule has 0 spiro atoms. The summed E-state index contributed by atoms with van der Waals surface area (Å²) in [5.41, 5.74) is 13.2. The maximum atomic E-state index is 5.12. The fraction of sp³-hybridized carbons (Fsp3) is 0. The molecule has 10 aromatic rings. The molecule has 0 radical (unpaired) electrons. The van der Waals surface area contributed by atoms with Gasteiger partial charge in [0.05, 0.1) is 45.2 Å². The fourth-order valence-corrected chi connectivity index (χ4v) is 7.25. The van der Waals surface area contributed by atoms with E-state index in [1.807, 2.05) is 72.9 Å². The molecule has 0 aliphatic rings. The molecule has 0 amide bonds. The molecule has 5 aromatic carbocycles. The zero-order valence-corrected chi connectivity index (χ0v) is 29.7. The maximum absolute atomic E-state index is 5.12. The van der Waals surface area contributed by atoms with E-state index in [2.05, 4.69) is 125 Å². The molecule has 0 unspecified atom stereocenters. The monoisotopic (exact) mass is 704 g/mol. The third-order valence-corrected chi connectivity index (χ3v) is 9.94. The normalized spacial score (nSPS) is 11.3. The molecule has 0 saturated heterocycles. The van der Waals surface area contributed by atoms with Gasteiger partial charge in [-0.1, -0.05) is 115 Å². The Morgan fingerprint density at radius 3 is 1.47 bits per heavy atom. The largest absolute Gasteiger partial charge is 0.309 e. The lowest BCUT2D eigenvalue weighted by Gasteiger charge is -2.12. The average Bonchev–Trinajstić information content (AvgIpc) is 3.61. The van der Waals surface area contributed by atoms with Crippen LogP contribution in [0.5, 0.6) is 0 Å². The number of rotatable bonds is 7. The van der Waals surface area contributed by atoms with E-state index in [1.165, 1.54) is 21.8 Å². The molecule has 6 heteroatoms. The van der Waals surface area contributed by atoms with Gasteiger partial charge in [0.15, 0.2) is 5.82 Å². The van der Waals surface area contributed by atoms with Crippen LogP contribution in [-0.2, 0) is 0 Å². The summed E-state index contributed by atoms with van der Waals surface area (Å²) in [5, 5.41) is 2.48. The maximum Gasteiger partial charge on any atom is 0.161 e. The van der Waals surface area contributed by atoms with Gasteiger partial charge in [-0.3, -0.25) is 9.97 Å². The van der Waals surface area contributed by atoms with Crippen LogP contribution in [0.25, 0.3) is 95.3 Å². The summed E-state index contributed by atoms with van der Waals surface area (Å²) in [6, 6.07) is 62.4. The molecule has 258 valence electrons. The Bertz CT molecular complexity index is 2830. The van der Waals surface area contributed by atoms with Crippen LogP contribution in [-0.4, -0.2) is 29.5 Å². The van der Waals surface area contributed by atoms with Crippen molar-refractivity contribution in [2.24, 2.45) is 0 Å². The lowest BCUT2D eigenvalue weighted by Crippen LogP contribution is -1.98. The predicted molar refractivity (Wildman–Crippen MR) is 222 cm³/mol. The summed E-state index contributed by atoms with van der Waals surface area (Å²) >= 11 is 0. The Hall–Kier alpha value is -7.57. The van der Waals surface area contributed by atoms with Gasteiger partial charge in [-0.05, 0) is 77.9 Å². The van der Waals surface area contributed by atoms with Crippen LogP contribution in [0.15, 0.2) is 194 Å².